The van der Waals surface area contributed by atoms with Crippen molar-refractivity contribution in [2.45, 2.75) is 208 Å². The first-order chi connectivity index (χ1) is 11.2. The number of ether oxygens (including phenoxy) is 2. The van der Waals surface area contributed by atoms with Crippen molar-refractivity contribution in [1.29, 1.82) is 0 Å². The van der Waals surface area contributed by atoms with Gasteiger partial charge >= 0.3 is 0 Å². The van der Waals surface area contributed by atoms with Crippen molar-refractivity contribution in [3.63, 3.8) is 0 Å². The molecule has 0 aliphatic carbocycles. The maximum Gasteiger partial charge on any atom is 0.0437 e. The first-order valence-electron chi connectivity index (χ1n) is 9.31. The average molecular weight is 617 g/mol. The van der Waals surface area contributed by atoms with Crippen LogP contribution >= 0.6 is 0 Å². The molecule has 2 nitrogen and oxygen atoms in total. The zero-order chi connectivity index (χ0) is 18.6. The molecular weight excluding hydrogens is 500 g/mol. The first kappa shape index (κ1) is 187. The number of rotatable bonds is 5. The van der Waals surface area contributed by atoms with Gasteiger partial charge in [-0.3, -0.25) is 0 Å². The Balaban J connectivity index is -0.00000000501. The van der Waals surface area contributed by atoms with Crippen LogP contribution in [-0.4, -0.2) is 26.4 Å². The molecule has 0 atom stereocenters. The largest absolute Gasteiger partial charge is 0.382 e. The highest BCUT2D eigenvalue weighted by atomic mass is 16.5. The van der Waals surface area contributed by atoms with E-state index < -0.39 is 0 Å². The molecule has 2 heteroatoms. The smallest absolute Gasteiger partial charge is 0.0437 e. The van der Waals surface area contributed by atoms with Gasteiger partial charge in [0.15, 0.2) is 0 Å². The molecule has 0 aliphatic rings. The SMILES string of the molecule is C.C.C.C.C.C.C.C.C.C.C.C.C.C.C.C.C.C.CCC.CCCC.CCOCC.CCOCC.c1ccccc1. The Hall–Kier alpha value is -0.860. The van der Waals surface area contributed by atoms with Crippen LogP contribution in [0.5, 0.6) is 0 Å². The van der Waals surface area contributed by atoms with Crippen LogP contribution in [0.15, 0.2) is 36.4 Å². The van der Waals surface area contributed by atoms with Gasteiger partial charge in [0.05, 0.1) is 0 Å². The topological polar surface area (TPSA) is 18.5 Å². The van der Waals surface area contributed by atoms with Gasteiger partial charge in [0.2, 0.25) is 0 Å². The molecule has 284 valence electrons. The molecule has 1 aromatic rings. The maximum atomic E-state index is 4.83. The van der Waals surface area contributed by atoms with Crippen molar-refractivity contribution in [3.8, 4) is 0 Å². The number of benzene rings is 1. The van der Waals surface area contributed by atoms with Crippen LogP contribution in [0, 0.1) is 0 Å². The average Bonchev–Trinajstić information content (AvgIpc) is 2.60. The molecule has 0 fully saturated rings. The molecule has 0 heterocycles. The molecule has 0 unspecified atom stereocenters. The summed E-state index contributed by atoms with van der Waals surface area (Å²) in [4.78, 5) is 0. The second-order valence-electron chi connectivity index (χ2n) is 4.42. The van der Waals surface area contributed by atoms with Gasteiger partial charge < -0.3 is 9.47 Å². The molecule has 41 heavy (non-hydrogen) atoms. The second-order valence-corrected chi connectivity index (χ2v) is 4.42. The third-order valence-electron chi connectivity index (χ3n) is 1.98. The fourth-order valence-corrected chi connectivity index (χ4v) is 0.793. The van der Waals surface area contributed by atoms with Crippen LogP contribution in [-0.2, 0) is 9.47 Å². The summed E-state index contributed by atoms with van der Waals surface area (Å²) in [6.45, 7) is 19.9. The van der Waals surface area contributed by atoms with E-state index in [0.717, 1.165) is 26.4 Å². The van der Waals surface area contributed by atoms with Crippen LogP contribution in [0.2, 0.25) is 0 Å². The van der Waals surface area contributed by atoms with Gasteiger partial charge in [-0.1, -0.05) is 217 Å². The summed E-state index contributed by atoms with van der Waals surface area (Å²) in [6.07, 6.45) is 3.89. The van der Waals surface area contributed by atoms with E-state index in [0.29, 0.717) is 0 Å². The van der Waals surface area contributed by atoms with Gasteiger partial charge in [0.25, 0.3) is 0 Å². The van der Waals surface area contributed by atoms with Crippen LogP contribution in [0.1, 0.15) is 208 Å². The van der Waals surface area contributed by atoms with E-state index in [9.17, 15) is 0 Å². The number of unbranched alkanes of at least 4 members (excludes halogenated alkanes) is 1. The Bertz CT molecular complexity index is 175. The van der Waals surface area contributed by atoms with Crippen molar-refractivity contribution >= 4 is 0 Å². The normalized spacial score (nSPS) is 4.39. The minimum absolute atomic E-state index is 0. The third kappa shape index (κ3) is 525. The number of hydrogen-bond donors (Lipinski definition) is 0. The van der Waals surface area contributed by atoms with Crippen molar-refractivity contribution in [2.24, 2.45) is 0 Å². The van der Waals surface area contributed by atoms with Gasteiger partial charge in [0, 0.05) is 26.4 Å². The molecule has 0 bridgehead atoms. The minimum atomic E-state index is 0. The highest BCUT2D eigenvalue weighted by Crippen LogP contribution is 1.80. The standard InChI is InChI=1S/C6H6.2C4H10O.C4H10.C3H8.18CH4/c1-2-4-6-5-3-1;2*1-3-5-4-2;1-3-4-2;1-3-2;;;;;;;;;;;;;;;;;;/h1-6H;2*3-4H2,1-2H3;3-4H2,1-2H3;3H2,1-2H3;18*1H4. The maximum absolute atomic E-state index is 4.83. The lowest BCUT2D eigenvalue weighted by Crippen LogP contribution is -1.84. The molecule has 1 rings (SSSR count). The highest BCUT2D eigenvalue weighted by Gasteiger charge is 1.64. The predicted molar refractivity (Wildman–Crippen MR) is 228 cm³/mol. The summed E-state index contributed by atoms with van der Waals surface area (Å²) in [6, 6.07) is 12.0. The van der Waals surface area contributed by atoms with Gasteiger partial charge in [-0.25, -0.2) is 0 Å². The molecule has 0 aliphatic heterocycles. The van der Waals surface area contributed by atoms with Gasteiger partial charge in [-0.05, 0) is 27.7 Å². The first-order valence-corrected chi connectivity index (χ1v) is 9.31. The summed E-state index contributed by atoms with van der Waals surface area (Å²) >= 11 is 0. The lowest BCUT2D eigenvalue weighted by molar-refractivity contribution is 0.162. The summed E-state index contributed by atoms with van der Waals surface area (Å²) in [5, 5.41) is 0. The van der Waals surface area contributed by atoms with Gasteiger partial charge in [-0.2, -0.15) is 0 Å². The molecule has 0 saturated carbocycles. The van der Waals surface area contributed by atoms with Crippen molar-refractivity contribution in [2.75, 3.05) is 26.4 Å². The molecule has 0 amide bonds. The van der Waals surface area contributed by atoms with E-state index in [1.165, 1.54) is 19.3 Å². The van der Waals surface area contributed by atoms with E-state index in [-0.39, 0.29) is 134 Å². The third-order valence-corrected chi connectivity index (χ3v) is 1.98. The van der Waals surface area contributed by atoms with Crippen LogP contribution < -0.4 is 0 Å². The molecule has 0 saturated heterocycles. The van der Waals surface area contributed by atoms with Crippen molar-refractivity contribution in [3.05, 3.63) is 36.4 Å². The number of hydrogen-bond acceptors (Lipinski definition) is 2. The molecule has 0 radical (unpaired) electrons. The van der Waals surface area contributed by atoms with Crippen LogP contribution in [0.3, 0.4) is 0 Å². The van der Waals surface area contributed by atoms with Crippen LogP contribution in [0.4, 0.5) is 0 Å². The molecule has 0 N–H and O–H groups in total. The van der Waals surface area contributed by atoms with E-state index in [1.807, 2.05) is 64.1 Å². The summed E-state index contributed by atoms with van der Waals surface area (Å²) in [5.74, 6) is 0. The second kappa shape index (κ2) is 285. The molecule has 0 spiro atoms. The summed E-state index contributed by atoms with van der Waals surface area (Å²) in [5.41, 5.74) is 0. The Labute approximate surface area is 280 Å². The minimum Gasteiger partial charge on any atom is -0.382 e. The monoisotopic (exact) mass is 617 g/mol. The Morgan fingerprint density at radius 2 is 0.366 bits per heavy atom. The quantitative estimate of drug-likeness (QED) is 0.327. The Morgan fingerprint density at radius 1 is 0.268 bits per heavy atom. The fraction of sp³-hybridized carbons (Fsp3) is 0.846. The van der Waals surface area contributed by atoms with E-state index >= 15 is 0 Å². The van der Waals surface area contributed by atoms with Gasteiger partial charge in [-0.15, -0.1) is 0 Å². The Kier molecular flexibility index (Phi) is 1300. The zero-order valence-corrected chi connectivity index (χ0v) is 17.2. The van der Waals surface area contributed by atoms with E-state index in [2.05, 4.69) is 27.7 Å². The molecular formula is C39H116O2. The van der Waals surface area contributed by atoms with Crippen molar-refractivity contribution < 1.29 is 9.47 Å². The van der Waals surface area contributed by atoms with Crippen LogP contribution in [0.25, 0.3) is 0 Å². The fourth-order valence-electron chi connectivity index (χ4n) is 0.793. The predicted octanol–water partition coefficient (Wildman–Crippen LogP) is 18.4. The lowest BCUT2D eigenvalue weighted by Gasteiger charge is -1.86. The molecule has 0 aromatic heterocycles. The van der Waals surface area contributed by atoms with Crippen molar-refractivity contribution in [1.82, 2.24) is 0 Å². The summed E-state index contributed by atoms with van der Waals surface area (Å²) in [7, 11) is 0. The van der Waals surface area contributed by atoms with Gasteiger partial charge in [0.1, 0.15) is 0 Å². The lowest BCUT2D eigenvalue weighted by atomic mass is 10.4. The van der Waals surface area contributed by atoms with E-state index in [4.69, 9.17) is 9.47 Å². The molecule has 1 aromatic carbocycles. The zero-order valence-electron chi connectivity index (χ0n) is 17.2. The Morgan fingerprint density at radius 3 is 0.390 bits per heavy atom. The summed E-state index contributed by atoms with van der Waals surface area (Å²) < 4.78 is 9.67. The highest BCUT2D eigenvalue weighted by molar-refractivity contribution is 4.99. The van der Waals surface area contributed by atoms with E-state index in [1.54, 1.807) is 0 Å².